The van der Waals surface area contributed by atoms with Crippen LogP contribution in [0.25, 0.3) is 10.8 Å². The number of nitrogens with zero attached hydrogens (tertiary/aromatic N) is 2. The maximum atomic E-state index is 10.1. The van der Waals surface area contributed by atoms with Gasteiger partial charge < -0.3 is 10.2 Å². The lowest BCUT2D eigenvalue weighted by atomic mass is 10.1. The van der Waals surface area contributed by atoms with Crippen LogP contribution in [-0.4, -0.2) is 21.4 Å². The predicted molar refractivity (Wildman–Crippen MR) is 87.8 cm³/mol. The van der Waals surface area contributed by atoms with Gasteiger partial charge in [-0.05, 0) is 29.8 Å². The molecule has 4 nitrogen and oxygen atoms in total. The average Bonchev–Trinajstić information content (AvgIpc) is 2.56. The maximum Gasteiger partial charge on any atom is 0.145 e. The summed E-state index contributed by atoms with van der Waals surface area (Å²) in [6, 6.07) is 14.0. The second-order valence-electron chi connectivity index (χ2n) is 5.08. The SMILES string of the molecule is Cc1ncc(CO)c(C=Nc2ccc3ccccc3c2)c1O. The van der Waals surface area contributed by atoms with E-state index in [1.54, 1.807) is 19.3 Å². The Hall–Kier alpha value is -2.72. The van der Waals surface area contributed by atoms with E-state index in [2.05, 4.69) is 9.98 Å². The van der Waals surface area contributed by atoms with Gasteiger partial charge in [0, 0.05) is 23.5 Å². The Kier molecular flexibility index (Phi) is 3.85. The number of aromatic hydroxyl groups is 1. The van der Waals surface area contributed by atoms with Gasteiger partial charge in [-0.15, -0.1) is 0 Å². The Morgan fingerprint density at radius 3 is 2.68 bits per heavy atom. The van der Waals surface area contributed by atoms with Gasteiger partial charge in [0.15, 0.2) is 0 Å². The molecule has 22 heavy (non-hydrogen) atoms. The van der Waals surface area contributed by atoms with Gasteiger partial charge in [-0.3, -0.25) is 9.98 Å². The van der Waals surface area contributed by atoms with E-state index in [9.17, 15) is 10.2 Å². The van der Waals surface area contributed by atoms with Crippen molar-refractivity contribution in [3.05, 3.63) is 65.5 Å². The van der Waals surface area contributed by atoms with Crippen LogP contribution in [0.15, 0.2) is 53.7 Å². The van der Waals surface area contributed by atoms with Crippen molar-refractivity contribution < 1.29 is 10.2 Å². The summed E-state index contributed by atoms with van der Waals surface area (Å²) < 4.78 is 0. The zero-order chi connectivity index (χ0) is 15.5. The number of aliphatic imine (C=N–C) groups is 1. The summed E-state index contributed by atoms with van der Waals surface area (Å²) in [6.07, 6.45) is 3.12. The molecule has 0 aliphatic heterocycles. The van der Waals surface area contributed by atoms with Crippen molar-refractivity contribution >= 4 is 22.7 Å². The van der Waals surface area contributed by atoms with Gasteiger partial charge in [0.1, 0.15) is 5.75 Å². The Morgan fingerprint density at radius 2 is 1.91 bits per heavy atom. The molecule has 0 saturated heterocycles. The minimum atomic E-state index is -0.195. The van der Waals surface area contributed by atoms with Crippen molar-refractivity contribution in [2.24, 2.45) is 4.99 Å². The molecule has 0 aliphatic carbocycles. The molecule has 1 heterocycles. The summed E-state index contributed by atoms with van der Waals surface area (Å²) in [5, 5.41) is 21.7. The number of hydrogen-bond acceptors (Lipinski definition) is 4. The second kappa shape index (κ2) is 5.95. The molecule has 0 amide bonds. The van der Waals surface area contributed by atoms with E-state index in [-0.39, 0.29) is 12.4 Å². The minimum absolute atomic E-state index is 0.0519. The van der Waals surface area contributed by atoms with Crippen LogP contribution in [0.4, 0.5) is 5.69 Å². The molecule has 0 aliphatic rings. The fourth-order valence-corrected chi connectivity index (χ4v) is 2.32. The van der Waals surface area contributed by atoms with E-state index in [0.29, 0.717) is 16.8 Å². The van der Waals surface area contributed by atoms with E-state index >= 15 is 0 Å². The molecule has 3 rings (SSSR count). The first kappa shape index (κ1) is 14.2. The van der Waals surface area contributed by atoms with Gasteiger partial charge in [-0.2, -0.15) is 0 Å². The van der Waals surface area contributed by atoms with Crippen LogP contribution in [0.2, 0.25) is 0 Å². The zero-order valence-electron chi connectivity index (χ0n) is 12.2. The normalized spacial score (nSPS) is 11.4. The number of aryl methyl sites for hydroxylation is 1. The summed E-state index contributed by atoms with van der Waals surface area (Å²) in [7, 11) is 0. The first-order chi connectivity index (χ1) is 10.7. The molecule has 0 fully saturated rings. The second-order valence-corrected chi connectivity index (χ2v) is 5.08. The molecule has 2 N–H and O–H groups in total. The zero-order valence-corrected chi connectivity index (χ0v) is 12.2. The van der Waals surface area contributed by atoms with Crippen molar-refractivity contribution in [1.29, 1.82) is 0 Å². The Bertz CT molecular complexity index is 857. The summed E-state index contributed by atoms with van der Waals surface area (Å²) >= 11 is 0. The predicted octanol–water partition coefficient (Wildman–Crippen LogP) is 3.49. The highest BCUT2D eigenvalue weighted by Crippen LogP contribution is 2.24. The molecule has 0 radical (unpaired) electrons. The van der Waals surface area contributed by atoms with Gasteiger partial charge in [-0.1, -0.05) is 30.3 Å². The quantitative estimate of drug-likeness (QED) is 0.726. The van der Waals surface area contributed by atoms with Crippen molar-refractivity contribution in [3.8, 4) is 5.75 Å². The summed E-state index contributed by atoms with van der Waals surface area (Å²) in [4.78, 5) is 8.45. The van der Waals surface area contributed by atoms with Crippen LogP contribution in [0.3, 0.4) is 0 Å². The molecule has 4 heteroatoms. The van der Waals surface area contributed by atoms with Gasteiger partial charge in [-0.25, -0.2) is 0 Å². The molecule has 0 atom stereocenters. The molecule has 2 aromatic carbocycles. The van der Waals surface area contributed by atoms with Crippen molar-refractivity contribution in [2.45, 2.75) is 13.5 Å². The van der Waals surface area contributed by atoms with Gasteiger partial charge >= 0.3 is 0 Å². The molecular formula is C18H16N2O2. The van der Waals surface area contributed by atoms with Gasteiger partial charge in [0.25, 0.3) is 0 Å². The van der Waals surface area contributed by atoms with Crippen LogP contribution in [0.5, 0.6) is 5.75 Å². The molecule has 0 bridgehead atoms. The van der Waals surface area contributed by atoms with Crippen LogP contribution in [-0.2, 0) is 6.61 Å². The Labute approximate surface area is 128 Å². The summed E-state index contributed by atoms with van der Waals surface area (Å²) in [5.74, 6) is 0.0519. The first-order valence-electron chi connectivity index (χ1n) is 7.00. The number of pyridine rings is 1. The number of fused-ring (bicyclic) bond motifs is 1. The standard InChI is InChI=1S/C18H16N2O2/c1-12-18(22)17(15(11-21)9-19-12)10-20-16-7-6-13-4-2-3-5-14(13)8-16/h2-10,21-22H,11H2,1H3. The highest BCUT2D eigenvalue weighted by atomic mass is 16.3. The van der Waals surface area contributed by atoms with Gasteiger partial charge in [0.05, 0.1) is 18.0 Å². The lowest BCUT2D eigenvalue weighted by molar-refractivity contribution is 0.280. The third kappa shape index (κ3) is 2.69. The van der Waals surface area contributed by atoms with Crippen LogP contribution in [0, 0.1) is 6.92 Å². The minimum Gasteiger partial charge on any atom is -0.505 e. The van der Waals surface area contributed by atoms with Gasteiger partial charge in [0.2, 0.25) is 0 Å². The van der Waals surface area contributed by atoms with E-state index in [4.69, 9.17) is 0 Å². The van der Waals surface area contributed by atoms with Crippen LogP contribution in [0.1, 0.15) is 16.8 Å². The van der Waals surface area contributed by atoms with E-state index < -0.39 is 0 Å². The Morgan fingerprint density at radius 1 is 1.14 bits per heavy atom. The molecule has 0 saturated carbocycles. The van der Waals surface area contributed by atoms with E-state index in [0.717, 1.165) is 16.5 Å². The lowest BCUT2D eigenvalue weighted by Crippen LogP contribution is -1.97. The number of hydrogen-bond donors (Lipinski definition) is 2. The molecule has 110 valence electrons. The fourth-order valence-electron chi connectivity index (χ4n) is 2.32. The number of rotatable bonds is 3. The number of benzene rings is 2. The highest BCUT2D eigenvalue weighted by Gasteiger charge is 2.09. The largest absolute Gasteiger partial charge is 0.505 e. The topological polar surface area (TPSA) is 65.7 Å². The van der Waals surface area contributed by atoms with Crippen molar-refractivity contribution in [2.75, 3.05) is 0 Å². The molecule has 0 unspecified atom stereocenters. The number of aliphatic hydroxyl groups is 1. The molecular weight excluding hydrogens is 276 g/mol. The highest BCUT2D eigenvalue weighted by molar-refractivity contribution is 5.90. The fraction of sp³-hybridized carbons (Fsp3) is 0.111. The maximum absolute atomic E-state index is 10.1. The summed E-state index contributed by atoms with van der Waals surface area (Å²) in [6.45, 7) is 1.52. The van der Waals surface area contributed by atoms with E-state index in [1.165, 1.54) is 0 Å². The first-order valence-corrected chi connectivity index (χ1v) is 7.00. The van der Waals surface area contributed by atoms with E-state index in [1.807, 2.05) is 42.5 Å². The molecule has 3 aromatic rings. The molecule has 1 aromatic heterocycles. The number of aliphatic hydroxyl groups excluding tert-OH is 1. The number of aromatic nitrogens is 1. The summed E-state index contributed by atoms with van der Waals surface area (Å²) in [5.41, 5.74) is 2.35. The third-order valence-corrected chi connectivity index (χ3v) is 3.60. The average molecular weight is 292 g/mol. The van der Waals surface area contributed by atoms with Crippen molar-refractivity contribution in [1.82, 2.24) is 4.98 Å². The Balaban J connectivity index is 2.01. The van der Waals surface area contributed by atoms with Crippen LogP contribution >= 0.6 is 0 Å². The third-order valence-electron chi connectivity index (χ3n) is 3.60. The smallest absolute Gasteiger partial charge is 0.145 e. The van der Waals surface area contributed by atoms with Crippen LogP contribution < -0.4 is 0 Å². The monoisotopic (exact) mass is 292 g/mol. The van der Waals surface area contributed by atoms with Crippen molar-refractivity contribution in [3.63, 3.8) is 0 Å². The molecule has 0 spiro atoms. The lowest BCUT2D eigenvalue weighted by Gasteiger charge is -2.07.